The van der Waals surface area contributed by atoms with Crippen molar-refractivity contribution in [2.75, 3.05) is 40.3 Å². The molecule has 21 heavy (non-hydrogen) atoms. The second-order valence-corrected chi connectivity index (χ2v) is 6.81. The third-order valence-electron chi connectivity index (χ3n) is 5.33. The normalized spacial score (nSPS) is 28.0. The molecular weight excluding hydrogens is 258 g/mol. The number of likely N-dealkylation sites (N-methyl/N-ethyl adjacent to an activating group) is 3. The maximum atomic E-state index is 3.76. The van der Waals surface area contributed by atoms with E-state index in [1.54, 1.807) is 11.1 Å². The molecule has 0 spiro atoms. The Morgan fingerprint density at radius 2 is 2.05 bits per heavy atom. The highest BCUT2D eigenvalue weighted by molar-refractivity contribution is 5.40. The van der Waals surface area contributed by atoms with Gasteiger partial charge < -0.3 is 10.2 Å². The van der Waals surface area contributed by atoms with Gasteiger partial charge in [-0.1, -0.05) is 31.2 Å². The monoisotopic (exact) mass is 287 g/mol. The Bertz CT molecular complexity index is 473. The number of nitrogens with zero attached hydrogens (tertiary/aromatic N) is 2. The van der Waals surface area contributed by atoms with E-state index in [1.165, 1.54) is 32.5 Å². The molecule has 1 aromatic carbocycles. The fourth-order valence-electron chi connectivity index (χ4n) is 4.00. The molecular formula is C18H29N3. The molecule has 0 radical (unpaired) electrons. The Morgan fingerprint density at radius 3 is 2.81 bits per heavy atom. The van der Waals surface area contributed by atoms with Crippen LogP contribution in [0.2, 0.25) is 0 Å². The van der Waals surface area contributed by atoms with Gasteiger partial charge in [0.05, 0.1) is 0 Å². The summed E-state index contributed by atoms with van der Waals surface area (Å²) in [7, 11) is 4.54. The molecule has 0 bridgehead atoms. The van der Waals surface area contributed by atoms with Crippen molar-refractivity contribution in [3.63, 3.8) is 0 Å². The summed E-state index contributed by atoms with van der Waals surface area (Å²) in [6.45, 7) is 6.85. The number of hydrogen-bond acceptors (Lipinski definition) is 3. The molecule has 3 unspecified atom stereocenters. The van der Waals surface area contributed by atoms with Crippen molar-refractivity contribution in [3.05, 3.63) is 35.4 Å². The van der Waals surface area contributed by atoms with Gasteiger partial charge in [-0.3, -0.25) is 4.90 Å². The molecule has 3 heteroatoms. The zero-order valence-corrected chi connectivity index (χ0v) is 13.7. The van der Waals surface area contributed by atoms with Gasteiger partial charge in [-0.15, -0.1) is 0 Å². The van der Waals surface area contributed by atoms with Crippen LogP contribution < -0.4 is 5.32 Å². The van der Waals surface area contributed by atoms with E-state index in [1.807, 2.05) is 0 Å². The minimum atomic E-state index is 0.598. The van der Waals surface area contributed by atoms with Crippen LogP contribution in [0.1, 0.15) is 30.4 Å². The van der Waals surface area contributed by atoms with E-state index in [9.17, 15) is 0 Å². The predicted octanol–water partition coefficient (Wildman–Crippen LogP) is 1.94. The molecule has 1 saturated heterocycles. The van der Waals surface area contributed by atoms with Crippen molar-refractivity contribution >= 4 is 0 Å². The lowest BCUT2D eigenvalue weighted by atomic mass is 9.73. The van der Waals surface area contributed by atoms with Gasteiger partial charge in [-0.2, -0.15) is 0 Å². The van der Waals surface area contributed by atoms with E-state index < -0.39 is 0 Å². The van der Waals surface area contributed by atoms with Crippen molar-refractivity contribution in [3.8, 4) is 0 Å². The fraction of sp³-hybridized carbons (Fsp3) is 0.667. The summed E-state index contributed by atoms with van der Waals surface area (Å²) in [5.74, 6) is 0.755. The first-order chi connectivity index (χ1) is 10.2. The summed E-state index contributed by atoms with van der Waals surface area (Å²) < 4.78 is 0. The molecule has 1 aliphatic carbocycles. The summed E-state index contributed by atoms with van der Waals surface area (Å²) in [6, 6.07) is 10.2. The largest absolute Gasteiger partial charge is 0.313 e. The Morgan fingerprint density at radius 1 is 1.24 bits per heavy atom. The van der Waals surface area contributed by atoms with Gasteiger partial charge in [0.2, 0.25) is 0 Å². The van der Waals surface area contributed by atoms with E-state index in [-0.39, 0.29) is 0 Å². The van der Waals surface area contributed by atoms with Gasteiger partial charge in [0, 0.05) is 31.7 Å². The molecule has 1 aliphatic heterocycles. The smallest absolute Gasteiger partial charge is 0.0374 e. The average Bonchev–Trinajstić information content (AvgIpc) is 2.46. The van der Waals surface area contributed by atoms with Crippen LogP contribution in [-0.2, 0) is 6.42 Å². The summed E-state index contributed by atoms with van der Waals surface area (Å²) in [5.41, 5.74) is 3.15. The second-order valence-electron chi connectivity index (χ2n) is 6.81. The fourth-order valence-corrected chi connectivity index (χ4v) is 4.00. The molecule has 1 aromatic rings. The summed E-state index contributed by atoms with van der Waals surface area (Å²) in [6.07, 6.45) is 2.54. The number of rotatable bonds is 5. The number of piperazine rings is 1. The average molecular weight is 287 g/mol. The Labute approximate surface area is 129 Å². The highest BCUT2D eigenvalue weighted by atomic mass is 15.3. The molecule has 1 fully saturated rings. The third kappa shape index (κ3) is 3.15. The topological polar surface area (TPSA) is 18.5 Å². The molecule has 1 N–H and O–H groups in total. The lowest BCUT2D eigenvalue weighted by Gasteiger charge is -2.44. The highest BCUT2D eigenvalue weighted by Gasteiger charge is 2.34. The van der Waals surface area contributed by atoms with Crippen LogP contribution in [-0.4, -0.2) is 62.2 Å². The molecule has 3 nitrogen and oxygen atoms in total. The molecule has 2 aliphatic rings. The first kappa shape index (κ1) is 15.0. The van der Waals surface area contributed by atoms with Crippen LogP contribution in [0.4, 0.5) is 0 Å². The molecule has 1 heterocycles. The summed E-state index contributed by atoms with van der Waals surface area (Å²) in [4.78, 5) is 5.03. The number of benzene rings is 1. The van der Waals surface area contributed by atoms with Gasteiger partial charge in [-0.05, 0) is 50.5 Å². The molecule has 0 aromatic heterocycles. The minimum absolute atomic E-state index is 0.598. The van der Waals surface area contributed by atoms with Crippen molar-refractivity contribution < 1.29 is 0 Å². The van der Waals surface area contributed by atoms with Crippen LogP contribution in [0.15, 0.2) is 24.3 Å². The molecule has 0 amide bonds. The van der Waals surface area contributed by atoms with Crippen molar-refractivity contribution in [1.29, 1.82) is 0 Å². The van der Waals surface area contributed by atoms with E-state index in [0.717, 1.165) is 12.5 Å². The molecule has 3 atom stereocenters. The van der Waals surface area contributed by atoms with Gasteiger partial charge in [-0.25, -0.2) is 0 Å². The van der Waals surface area contributed by atoms with Crippen molar-refractivity contribution in [1.82, 2.24) is 15.1 Å². The van der Waals surface area contributed by atoms with Crippen molar-refractivity contribution in [2.24, 2.45) is 0 Å². The van der Waals surface area contributed by atoms with Gasteiger partial charge in [0.1, 0.15) is 0 Å². The standard InChI is InChI=1S/C18H29N3/c1-4-19-17(18-13-20(2)9-10-21(18)3)12-15-11-14-7-5-6-8-16(14)15/h5-8,15,17-19H,4,9-13H2,1-3H3. The minimum Gasteiger partial charge on any atom is -0.313 e. The first-order valence-electron chi connectivity index (χ1n) is 8.39. The van der Waals surface area contributed by atoms with Gasteiger partial charge in [0.15, 0.2) is 0 Å². The van der Waals surface area contributed by atoms with Gasteiger partial charge >= 0.3 is 0 Å². The van der Waals surface area contributed by atoms with Crippen molar-refractivity contribution in [2.45, 2.75) is 37.8 Å². The zero-order valence-electron chi connectivity index (χ0n) is 13.7. The van der Waals surface area contributed by atoms with E-state index in [0.29, 0.717) is 12.1 Å². The molecule has 3 rings (SSSR count). The Balaban J connectivity index is 1.68. The molecule has 0 saturated carbocycles. The highest BCUT2D eigenvalue weighted by Crippen LogP contribution is 2.38. The predicted molar refractivity (Wildman–Crippen MR) is 88.9 cm³/mol. The summed E-state index contributed by atoms with van der Waals surface area (Å²) >= 11 is 0. The SMILES string of the molecule is CCNC(CC1Cc2ccccc21)C1CN(C)CCN1C. The Kier molecular flexibility index (Phi) is 4.63. The number of hydrogen-bond donors (Lipinski definition) is 1. The van der Waals surface area contributed by atoms with E-state index >= 15 is 0 Å². The number of nitrogens with one attached hydrogen (secondary N) is 1. The second kappa shape index (κ2) is 6.47. The van der Waals surface area contributed by atoms with E-state index in [4.69, 9.17) is 0 Å². The zero-order chi connectivity index (χ0) is 14.8. The van der Waals surface area contributed by atoms with Crippen LogP contribution >= 0.6 is 0 Å². The number of fused-ring (bicyclic) bond motifs is 1. The summed E-state index contributed by atoms with van der Waals surface area (Å²) in [5, 5.41) is 3.76. The third-order valence-corrected chi connectivity index (χ3v) is 5.33. The van der Waals surface area contributed by atoms with Crippen LogP contribution in [0.5, 0.6) is 0 Å². The van der Waals surface area contributed by atoms with Crippen LogP contribution in [0, 0.1) is 0 Å². The van der Waals surface area contributed by atoms with E-state index in [2.05, 4.69) is 60.4 Å². The molecule has 116 valence electrons. The lowest BCUT2D eigenvalue weighted by Crippen LogP contribution is -2.59. The quantitative estimate of drug-likeness (QED) is 0.893. The Hall–Kier alpha value is -0.900. The first-order valence-corrected chi connectivity index (χ1v) is 8.39. The maximum absolute atomic E-state index is 3.76. The van der Waals surface area contributed by atoms with Crippen LogP contribution in [0.3, 0.4) is 0 Å². The van der Waals surface area contributed by atoms with Crippen LogP contribution in [0.25, 0.3) is 0 Å². The maximum Gasteiger partial charge on any atom is 0.0374 e. The lowest BCUT2D eigenvalue weighted by molar-refractivity contribution is 0.0828. The van der Waals surface area contributed by atoms with Gasteiger partial charge in [0.25, 0.3) is 0 Å².